The average Bonchev–Trinajstić information content (AvgIpc) is 2.74. The van der Waals surface area contributed by atoms with Gasteiger partial charge in [-0.3, -0.25) is 4.79 Å². The van der Waals surface area contributed by atoms with Gasteiger partial charge in [-0.1, -0.05) is 13.8 Å². The highest BCUT2D eigenvalue weighted by Crippen LogP contribution is 2.27. The van der Waals surface area contributed by atoms with Crippen LogP contribution in [0.25, 0.3) is 0 Å². The van der Waals surface area contributed by atoms with E-state index in [2.05, 4.69) is 31.4 Å². The lowest BCUT2D eigenvalue weighted by molar-refractivity contribution is 0.0999. The number of carbonyl (C=O) groups excluding carboxylic acids is 1. The molecule has 0 saturated carbocycles. The molecule has 9 heteroatoms. The Balaban J connectivity index is 1.87. The zero-order chi connectivity index (χ0) is 21.1. The van der Waals surface area contributed by atoms with E-state index in [1.54, 1.807) is 0 Å². The fourth-order valence-corrected chi connectivity index (χ4v) is 3.74. The van der Waals surface area contributed by atoms with Gasteiger partial charge >= 0.3 is 0 Å². The first-order valence-corrected chi connectivity index (χ1v) is 9.84. The summed E-state index contributed by atoms with van der Waals surface area (Å²) in [6.45, 7) is 10.2. The predicted molar refractivity (Wildman–Crippen MR) is 110 cm³/mol. The number of hydrogen-bond donors (Lipinski definition) is 1. The number of anilines is 2. The molecule has 2 aromatic heterocycles. The third-order valence-corrected chi connectivity index (χ3v) is 5.50. The number of hydrogen-bond acceptors (Lipinski definition) is 8. The summed E-state index contributed by atoms with van der Waals surface area (Å²) in [5, 5.41) is 26.8. The van der Waals surface area contributed by atoms with E-state index in [-0.39, 0.29) is 0 Å². The standard InChI is InChI=1S/C20H26N8O/c1-5-14-15(11-21)19(25-24-16(14)6-2)27-7-9-28(10-8-27)20-17(18(22)29)12(3)13(4)23-26-20/h5-10H2,1-4H3,(H2,22,29). The van der Waals surface area contributed by atoms with Gasteiger partial charge in [0.2, 0.25) is 0 Å². The lowest BCUT2D eigenvalue weighted by Crippen LogP contribution is -2.48. The van der Waals surface area contributed by atoms with Crippen LogP contribution < -0.4 is 15.5 Å². The van der Waals surface area contributed by atoms with E-state index in [0.29, 0.717) is 54.6 Å². The van der Waals surface area contributed by atoms with E-state index in [4.69, 9.17) is 5.73 Å². The number of piperazine rings is 1. The second kappa shape index (κ2) is 8.39. The number of aromatic nitrogens is 4. The highest BCUT2D eigenvalue weighted by Gasteiger charge is 2.27. The molecule has 29 heavy (non-hydrogen) atoms. The summed E-state index contributed by atoms with van der Waals surface area (Å²) in [6, 6.07) is 2.33. The fourth-order valence-electron chi connectivity index (χ4n) is 3.74. The minimum absolute atomic E-state index is 0.420. The third-order valence-electron chi connectivity index (χ3n) is 5.50. The van der Waals surface area contributed by atoms with Gasteiger partial charge in [-0.05, 0) is 37.8 Å². The van der Waals surface area contributed by atoms with E-state index in [0.717, 1.165) is 29.7 Å². The molecule has 2 N–H and O–H groups in total. The molecular formula is C20H26N8O. The number of aryl methyl sites for hydroxylation is 2. The molecule has 0 aromatic carbocycles. The van der Waals surface area contributed by atoms with Crippen LogP contribution in [0.1, 0.15) is 52.3 Å². The second-order valence-electron chi connectivity index (χ2n) is 7.09. The van der Waals surface area contributed by atoms with Crippen LogP contribution in [0.3, 0.4) is 0 Å². The van der Waals surface area contributed by atoms with E-state index < -0.39 is 5.91 Å². The second-order valence-corrected chi connectivity index (χ2v) is 7.09. The Morgan fingerprint density at radius 3 is 2.10 bits per heavy atom. The maximum absolute atomic E-state index is 12.0. The van der Waals surface area contributed by atoms with Crippen LogP contribution in [-0.2, 0) is 12.8 Å². The van der Waals surface area contributed by atoms with Gasteiger partial charge in [0, 0.05) is 26.2 Å². The molecule has 3 rings (SSSR count). The fraction of sp³-hybridized carbons (Fsp3) is 0.500. The first-order valence-electron chi connectivity index (χ1n) is 9.84. The number of rotatable bonds is 5. The zero-order valence-electron chi connectivity index (χ0n) is 17.4. The number of nitrogens with zero attached hydrogens (tertiary/aromatic N) is 7. The number of nitrogens with two attached hydrogens (primary N) is 1. The van der Waals surface area contributed by atoms with E-state index in [1.165, 1.54) is 0 Å². The minimum atomic E-state index is -0.502. The number of primary amides is 1. The topological polar surface area (TPSA) is 125 Å². The normalized spacial score (nSPS) is 14.0. The highest BCUT2D eigenvalue weighted by atomic mass is 16.1. The molecule has 1 saturated heterocycles. The summed E-state index contributed by atoms with van der Waals surface area (Å²) in [4.78, 5) is 16.1. The van der Waals surface area contributed by atoms with Crippen LogP contribution in [0, 0.1) is 25.2 Å². The molecule has 152 valence electrons. The van der Waals surface area contributed by atoms with Gasteiger partial charge in [0.1, 0.15) is 11.6 Å². The Morgan fingerprint density at radius 1 is 1.00 bits per heavy atom. The van der Waals surface area contributed by atoms with Crippen LogP contribution in [-0.4, -0.2) is 52.5 Å². The van der Waals surface area contributed by atoms with E-state index in [9.17, 15) is 10.1 Å². The van der Waals surface area contributed by atoms with Gasteiger partial charge < -0.3 is 15.5 Å². The summed E-state index contributed by atoms with van der Waals surface area (Å²) < 4.78 is 0. The molecule has 1 aliphatic heterocycles. The van der Waals surface area contributed by atoms with Crippen LogP contribution in [0.15, 0.2) is 0 Å². The van der Waals surface area contributed by atoms with Crippen molar-refractivity contribution in [2.75, 3.05) is 36.0 Å². The molecule has 2 aromatic rings. The highest BCUT2D eigenvalue weighted by molar-refractivity contribution is 5.99. The predicted octanol–water partition coefficient (Wildman–Crippen LogP) is 1.31. The van der Waals surface area contributed by atoms with Crippen molar-refractivity contribution in [2.45, 2.75) is 40.5 Å². The van der Waals surface area contributed by atoms with Crippen molar-refractivity contribution < 1.29 is 4.79 Å². The molecule has 1 amide bonds. The Hall–Kier alpha value is -3.28. The molecular weight excluding hydrogens is 368 g/mol. The van der Waals surface area contributed by atoms with Gasteiger partial charge in [-0.15, -0.1) is 10.2 Å². The van der Waals surface area contributed by atoms with Crippen molar-refractivity contribution in [3.05, 3.63) is 33.6 Å². The smallest absolute Gasteiger partial charge is 0.252 e. The lowest BCUT2D eigenvalue weighted by atomic mass is 10.0. The van der Waals surface area contributed by atoms with Crippen molar-refractivity contribution in [3.63, 3.8) is 0 Å². The maximum Gasteiger partial charge on any atom is 0.252 e. The largest absolute Gasteiger partial charge is 0.365 e. The van der Waals surface area contributed by atoms with Crippen molar-refractivity contribution in [1.29, 1.82) is 5.26 Å². The van der Waals surface area contributed by atoms with Crippen molar-refractivity contribution in [2.24, 2.45) is 5.73 Å². The van der Waals surface area contributed by atoms with Crippen LogP contribution in [0.4, 0.5) is 11.6 Å². The Labute approximate surface area is 170 Å². The molecule has 0 aliphatic carbocycles. The molecule has 0 unspecified atom stereocenters. The van der Waals surface area contributed by atoms with Gasteiger partial charge in [0.25, 0.3) is 5.91 Å². The summed E-state index contributed by atoms with van der Waals surface area (Å²) >= 11 is 0. The van der Waals surface area contributed by atoms with Gasteiger partial charge in [-0.2, -0.15) is 15.5 Å². The summed E-state index contributed by atoms with van der Waals surface area (Å²) in [6.07, 6.45) is 1.50. The molecule has 1 aliphatic rings. The van der Waals surface area contributed by atoms with Crippen LogP contribution in [0.2, 0.25) is 0 Å². The van der Waals surface area contributed by atoms with Gasteiger partial charge in [-0.25, -0.2) is 0 Å². The first-order chi connectivity index (χ1) is 13.9. The number of amides is 1. The van der Waals surface area contributed by atoms with Crippen molar-refractivity contribution in [3.8, 4) is 6.07 Å². The zero-order valence-corrected chi connectivity index (χ0v) is 17.4. The van der Waals surface area contributed by atoms with E-state index in [1.807, 2.05) is 32.6 Å². The first kappa shape index (κ1) is 20.5. The molecule has 9 nitrogen and oxygen atoms in total. The minimum Gasteiger partial charge on any atom is -0.365 e. The number of nitriles is 1. The van der Waals surface area contributed by atoms with E-state index >= 15 is 0 Å². The van der Waals surface area contributed by atoms with Gasteiger partial charge in [0.05, 0.1) is 17.0 Å². The Morgan fingerprint density at radius 2 is 1.59 bits per heavy atom. The molecule has 0 bridgehead atoms. The quantitative estimate of drug-likeness (QED) is 0.804. The summed E-state index contributed by atoms with van der Waals surface area (Å²) in [5.74, 6) is 0.642. The maximum atomic E-state index is 12.0. The van der Waals surface area contributed by atoms with Crippen LogP contribution >= 0.6 is 0 Å². The van der Waals surface area contributed by atoms with Crippen molar-refractivity contribution >= 4 is 17.5 Å². The monoisotopic (exact) mass is 394 g/mol. The summed E-state index contributed by atoms with van der Waals surface area (Å²) in [5.41, 5.74) is 9.93. The SMILES string of the molecule is CCc1nnc(N2CCN(c3nnc(C)c(C)c3C(N)=O)CC2)c(C#N)c1CC. The van der Waals surface area contributed by atoms with Crippen molar-refractivity contribution in [1.82, 2.24) is 20.4 Å². The lowest BCUT2D eigenvalue weighted by Gasteiger charge is -2.36. The van der Waals surface area contributed by atoms with Crippen LogP contribution in [0.5, 0.6) is 0 Å². The molecule has 0 atom stereocenters. The Kier molecular flexibility index (Phi) is 5.92. The third kappa shape index (κ3) is 3.70. The average molecular weight is 394 g/mol. The molecule has 3 heterocycles. The van der Waals surface area contributed by atoms with Gasteiger partial charge in [0.15, 0.2) is 11.6 Å². The molecule has 0 spiro atoms. The molecule has 0 radical (unpaired) electrons. The number of carbonyl (C=O) groups is 1. The Bertz CT molecular complexity index is 973. The molecule has 1 fully saturated rings. The summed E-state index contributed by atoms with van der Waals surface area (Å²) in [7, 11) is 0.